The second-order valence-corrected chi connectivity index (χ2v) is 3.88. The van der Waals surface area contributed by atoms with Gasteiger partial charge in [0.25, 0.3) is 5.91 Å². The van der Waals surface area contributed by atoms with E-state index in [-0.39, 0.29) is 0 Å². The van der Waals surface area contributed by atoms with Gasteiger partial charge in [0.2, 0.25) is 5.78 Å². The van der Waals surface area contributed by atoms with Gasteiger partial charge in [0, 0.05) is 17.1 Å². The molecule has 86 valence electrons. The molecule has 3 nitrogen and oxygen atoms in total. The fourth-order valence-corrected chi connectivity index (χ4v) is 1.32. The van der Waals surface area contributed by atoms with Crippen LogP contribution in [0.2, 0.25) is 5.02 Å². The first-order valence-electron chi connectivity index (χ1n) is 5.23. The number of rotatable bonds is 5. The third-order valence-corrected chi connectivity index (χ3v) is 2.38. The molecule has 0 aliphatic heterocycles. The fraction of sp³-hybridized carbons (Fsp3) is 0.333. The van der Waals surface area contributed by atoms with Crippen molar-refractivity contribution in [2.75, 3.05) is 6.54 Å². The zero-order valence-electron chi connectivity index (χ0n) is 9.13. The van der Waals surface area contributed by atoms with Crippen LogP contribution in [0.1, 0.15) is 30.1 Å². The number of amides is 1. The van der Waals surface area contributed by atoms with Gasteiger partial charge in [-0.1, -0.05) is 24.9 Å². The summed E-state index contributed by atoms with van der Waals surface area (Å²) in [7, 11) is 0. The number of carbonyl (C=O) groups is 2. The topological polar surface area (TPSA) is 46.2 Å². The molecule has 1 aromatic rings. The highest BCUT2D eigenvalue weighted by atomic mass is 35.5. The van der Waals surface area contributed by atoms with Gasteiger partial charge in [-0.05, 0) is 30.7 Å². The first kappa shape index (κ1) is 12.7. The minimum absolute atomic E-state index is 0.360. The lowest BCUT2D eigenvalue weighted by Crippen LogP contribution is -2.31. The van der Waals surface area contributed by atoms with E-state index in [0.29, 0.717) is 17.1 Å². The van der Waals surface area contributed by atoms with Crippen molar-refractivity contribution in [1.82, 2.24) is 5.32 Å². The summed E-state index contributed by atoms with van der Waals surface area (Å²) in [4.78, 5) is 23.0. The molecule has 0 unspecified atom stereocenters. The average Bonchev–Trinajstić information content (AvgIpc) is 2.29. The fourth-order valence-electron chi connectivity index (χ4n) is 1.19. The Hall–Kier alpha value is -1.35. The smallest absolute Gasteiger partial charge is 0.292 e. The van der Waals surface area contributed by atoms with Crippen LogP contribution in [0.3, 0.4) is 0 Å². The zero-order valence-corrected chi connectivity index (χ0v) is 9.88. The minimum atomic E-state index is -0.559. The van der Waals surface area contributed by atoms with Crippen molar-refractivity contribution in [2.24, 2.45) is 0 Å². The summed E-state index contributed by atoms with van der Waals surface area (Å²) >= 11 is 5.69. The Bertz CT molecular complexity index is 373. The molecule has 0 bridgehead atoms. The molecule has 0 atom stereocenters. The van der Waals surface area contributed by atoms with E-state index in [9.17, 15) is 9.59 Å². The Balaban J connectivity index is 2.57. The molecule has 4 heteroatoms. The predicted molar refractivity (Wildman–Crippen MR) is 63.7 cm³/mol. The van der Waals surface area contributed by atoms with Crippen LogP contribution in [0.15, 0.2) is 24.3 Å². The SMILES string of the molecule is CCCCNC(=O)C(=O)c1ccc(Cl)cc1. The number of unbranched alkanes of at least 4 members (excludes halogenated alkanes) is 1. The number of ketones is 1. The predicted octanol–water partition coefficient (Wildman–Crippen LogP) is 2.44. The third-order valence-electron chi connectivity index (χ3n) is 2.13. The van der Waals surface area contributed by atoms with Crippen molar-refractivity contribution in [3.05, 3.63) is 34.9 Å². The number of Topliss-reactive ketones (excluding diaryl/α,β-unsaturated/α-hetero) is 1. The zero-order chi connectivity index (χ0) is 12.0. The van der Waals surface area contributed by atoms with Gasteiger partial charge in [-0.3, -0.25) is 9.59 Å². The van der Waals surface area contributed by atoms with Crippen LogP contribution < -0.4 is 5.32 Å². The van der Waals surface area contributed by atoms with E-state index in [1.54, 1.807) is 24.3 Å². The molecule has 16 heavy (non-hydrogen) atoms. The number of hydrogen-bond donors (Lipinski definition) is 1. The maximum Gasteiger partial charge on any atom is 0.292 e. The second-order valence-electron chi connectivity index (χ2n) is 3.45. The molecule has 0 aliphatic rings. The van der Waals surface area contributed by atoms with E-state index in [4.69, 9.17) is 11.6 Å². The molecule has 1 N–H and O–H groups in total. The highest BCUT2D eigenvalue weighted by Crippen LogP contribution is 2.09. The van der Waals surface area contributed by atoms with Gasteiger partial charge < -0.3 is 5.32 Å². The van der Waals surface area contributed by atoms with Crippen molar-refractivity contribution < 1.29 is 9.59 Å². The first-order valence-corrected chi connectivity index (χ1v) is 5.61. The standard InChI is InChI=1S/C12H14ClNO2/c1-2-3-8-14-12(16)11(15)9-4-6-10(13)7-5-9/h4-7H,2-3,8H2,1H3,(H,14,16). The number of nitrogens with one attached hydrogen (secondary N) is 1. The lowest BCUT2D eigenvalue weighted by Gasteiger charge is -2.03. The highest BCUT2D eigenvalue weighted by molar-refractivity contribution is 6.43. The molecule has 1 rings (SSSR count). The first-order chi connectivity index (χ1) is 7.65. The van der Waals surface area contributed by atoms with Crippen molar-refractivity contribution >= 4 is 23.3 Å². The normalized spacial score (nSPS) is 9.88. The van der Waals surface area contributed by atoms with E-state index >= 15 is 0 Å². The van der Waals surface area contributed by atoms with Crippen LogP contribution in [0.25, 0.3) is 0 Å². The Morgan fingerprint density at radius 1 is 1.25 bits per heavy atom. The van der Waals surface area contributed by atoms with Crippen molar-refractivity contribution in [1.29, 1.82) is 0 Å². The molecule has 0 radical (unpaired) electrons. The molecule has 0 aliphatic carbocycles. The summed E-state index contributed by atoms with van der Waals surface area (Å²) in [5.74, 6) is -1.08. The van der Waals surface area contributed by atoms with Gasteiger partial charge in [-0.2, -0.15) is 0 Å². The van der Waals surface area contributed by atoms with Crippen LogP contribution in [0.4, 0.5) is 0 Å². The minimum Gasteiger partial charge on any atom is -0.349 e. The molecule has 0 saturated heterocycles. The molecule has 0 heterocycles. The van der Waals surface area contributed by atoms with Crippen LogP contribution in [-0.2, 0) is 4.79 Å². The van der Waals surface area contributed by atoms with Crippen molar-refractivity contribution in [3.63, 3.8) is 0 Å². The average molecular weight is 240 g/mol. The molecule has 0 spiro atoms. The molecule has 0 saturated carbocycles. The summed E-state index contributed by atoms with van der Waals surface area (Å²) in [6, 6.07) is 6.27. The Kier molecular flexibility index (Phi) is 4.99. The number of carbonyl (C=O) groups excluding carboxylic acids is 2. The van der Waals surface area contributed by atoms with Gasteiger partial charge in [0.1, 0.15) is 0 Å². The molecule has 0 aromatic heterocycles. The van der Waals surface area contributed by atoms with E-state index in [1.165, 1.54) is 0 Å². The molecule has 1 amide bonds. The van der Waals surface area contributed by atoms with Gasteiger partial charge in [-0.25, -0.2) is 0 Å². The van der Waals surface area contributed by atoms with Gasteiger partial charge in [0.15, 0.2) is 0 Å². The summed E-state index contributed by atoms with van der Waals surface area (Å²) < 4.78 is 0. The van der Waals surface area contributed by atoms with Crippen molar-refractivity contribution in [2.45, 2.75) is 19.8 Å². The van der Waals surface area contributed by atoms with E-state index < -0.39 is 11.7 Å². The van der Waals surface area contributed by atoms with Crippen LogP contribution >= 0.6 is 11.6 Å². The quantitative estimate of drug-likeness (QED) is 0.487. The van der Waals surface area contributed by atoms with Crippen LogP contribution in [-0.4, -0.2) is 18.2 Å². The summed E-state index contributed by atoms with van der Waals surface area (Å²) in [6.45, 7) is 2.56. The highest BCUT2D eigenvalue weighted by Gasteiger charge is 2.14. The van der Waals surface area contributed by atoms with E-state index in [0.717, 1.165) is 12.8 Å². The lowest BCUT2D eigenvalue weighted by atomic mass is 10.1. The molecular formula is C12H14ClNO2. The summed E-state index contributed by atoms with van der Waals surface area (Å²) in [5.41, 5.74) is 0.360. The van der Waals surface area contributed by atoms with Gasteiger partial charge >= 0.3 is 0 Å². The lowest BCUT2D eigenvalue weighted by molar-refractivity contribution is -0.117. The van der Waals surface area contributed by atoms with Gasteiger partial charge in [-0.15, -0.1) is 0 Å². The van der Waals surface area contributed by atoms with E-state index in [2.05, 4.69) is 5.32 Å². The van der Waals surface area contributed by atoms with Crippen molar-refractivity contribution in [3.8, 4) is 0 Å². The Labute approximate surface area is 99.8 Å². The second kappa shape index (κ2) is 6.28. The Morgan fingerprint density at radius 3 is 2.44 bits per heavy atom. The third kappa shape index (κ3) is 3.66. The van der Waals surface area contributed by atoms with Gasteiger partial charge in [0.05, 0.1) is 0 Å². The maximum atomic E-state index is 11.6. The summed E-state index contributed by atoms with van der Waals surface area (Å²) in [6.07, 6.45) is 1.86. The number of benzene rings is 1. The largest absolute Gasteiger partial charge is 0.349 e. The maximum absolute atomic E-state index is 11.6. The molecular weight excluding hydrogens is 226 g/mol. The van der Waals surface area contributed by atoms with Crippen LogP contribution in [0, 0.1) is 0 Å². The van der Waals surface area contributed by atoms with E-state index in [1.807, 2.05) is 6.92 Å². The number of halogens is 1. The monoisotopic (exact) mass is 239 g/mol. The number of hydrogen-bond acceptors (Lipinski definition) is 2. The molecule has 1 aromatic carbocycles. The van der Waals surface area contributed by atoms with Crippen LogP contribution in [0.5, 0.6) is 0 Å². The molecule has 0 fully saturated rings. The summed E-state index contributed by atoms with van der Waals surface area (Å²) in [5, 5.41) is 3.12. The Morgan fingerprint density at radius 2 is 1.88 bits per heavy atom.